The number of nitrogens with one attached hydrogen (secondary N) is 1. The van der Waals surface area contributed by atoms with Crippen LogP contribution in [0, 0.1) is 23.5 Å². The maximum Gasteiger partial charge on any atom is 0.228 e. The number of amides is 1. The third-order valence-corrected chi connectivity index (χ3v) is 3.59. The number of rotatable bonds is 3. The molecule has 0 radical (unpaired) electrons. The van der Waals surface area contributed by atoms with Gasteiger partial charge in [0.1, 0.15) is 11.6 Å². The summed E-state index contributed by atoms with van der Waals surface area (Å²) in [5, 5.41) is 13.3. The number of hydrogen-bond acceptors (Lipinski definition) is 3. The van der Waals surface area contributed by atoms with Gasteiger partial charge in [-0.05, 0) is 25.0 Å². The average Bonchev–Trinajstić information content (AvgIpc) is 2.41. The lowest BCUT2D eigenvalue weighted by atomic mass is 9.78. The predicted octanol–water partition coefficient (Wildman–Crippen LogP) is 1.46. The molecule has 1 aliphatic rings. The number of aliphatic carboxylic acids is 1. The van der Waals surface area contributed by atoms with E-state index in [1.54, 1.807) is 0 Å². The van der Waals surface area contributed by atoms with Crippen LogP contribution in [0.5, 0.6) is 0 Å². The lowest BCUT2D eigenvalue weighted by Gasteiger charge is -2.31. The van der Waals surface area contributed by atoms with E-state index in [1.807, 2.05) is 0 Å². The van der Waals surface area contributed by atoms with Crippen molar-refractivity contribution in [1.82, 2.24) is 0 Å². The molecular formula is C14H14F2NO3-. The molecule has 1 fully saturated rings. The minimum absolute atomic E-state index is 0.154. The van der Waals surface area contributed by atoms with E-state index in [2.05, 4.69) is 5.32 Å². The second-order valence-corrected chi connectivity index (χ2v) is 4.93. The SMILES string of the molecule is O=C([O-])[C@H]1CCCC[C@H]1C(=O)Nc1ccc(F)cc1F. The van der Waals surface area contributed by atoms with Crippen molar-refractivity contribution in [2.24, 2.45) is 11.8 Å². The molecule has 0 bridgehead atoms. The summed E-state index contributed by atoms with van der Waals surface area (Å²) in [4.78, 5) is 23.1. The Labute approximate surface area is 114 Å². The van der Waals surface area contributed by atoms with Crippen LogP contribution in [0.4, 0.5) is 14.5 Å². The number of carbonyl (C=O) groups is 2. The van der Waals surface area contributed by atoms with E-state index in [9.17, 15) is 23.5 Å². The summed E-state index contributed by atoms with van der Waals surface area (Å²) < 4.78 is 26.2. The summed E-state index contributed by atoms with van der Waals surface area (Å²) in [5.74, 6) is -5.05. The Balaban J connectivity index is 2.12. The van der Waals surface area contributed by atoms with Crippen molar-refractivity contribution in [3.8, 4) is 0 Å². The maximum absolute atomic E-state index is 13.5. The van der Waals surface area contributed by atoms with Crippen molar-refractivity contribution >= 4 is 17.6 Å². The summed E-state index contributed by atoms with van der Waals surface area (Å²) in [6.45, 7) is 0. The summed E-state index contributed by atoms with van der Waals surface area (Å²) in [6.07, 6.45) is 2.28. The Kier molecular flexibility index (Phi) is 4.32. The number of benzene rings is 1. The van der Waals surface area contributed by atoms with Gasteiger partial charge in [0, 0.05) is 23.9 Å². The van der Waals surface area contributed by atoms with Crippen molar-refractivity contribution in [3.05, 3.63) is 29.8 Å². The molecule has 2 rings (SSSR count). The zero-order valence-electron chi connectivity index (χ0n) is 10.7. The lowest BCUT2D eigenvalue weighted by molar-refractivity contribution is -0.313. The quantitative estimate of drug-likeness (QED) is 0.912. The van der Waals surface area contributed by atoms with E-state index in [0.717, 1.165) is 25.0 Å². The molecule has 2 atom stereocenters. The van der Waals surface area contributed by atoms with Gasteiger partial charge in [0.15, 0.2) is 0 Å². The van der Waals surface area contributed by atoms with Crippen LogP contribution in [0.3, 0.4) is 0 Å². The first-order valence-corrected chi connectivity index (χ1v) is 6.46. The summed E-state index contributed by atoms with van der Waals surface area (Å²) in [6, 6.07) is 2.79. The standard InChI is InChI=1S/C14H15F2NO3/c15-8-5-6-12(11(16)7-8)17-13(18)9-3-1-2-4-10(9)14(19)20/h5-7,9-10H,1-4H2,(H,17,18)(H,19,20)/p-1/t9-,10+/m1/s1. The van der Waals surface area contributed by atoms with Gasteiger partial charge < -0.3 is 15.2 Å². The second kappa shape index (κ2) is 5.98. The van der Waals surface area contributed by atoms with Crippen molar-refractivity contribution in [3.63, 3.8) is 0 Å². The molecule has 0 saturated heterocycles. The molecule has 0 heterocycles. The Morgan fingerprint density at radius 2 is 1.80 bits per heavy atom. The molecule has 0 aromatic heterocycles. The molecular weight excluding hydrogens is 268 g/mol. The first kappa shape index (κ1) is 14.4. The van der Waals surface area contributed by atoms with Crippen LogP contribution in [0.2, 0.25) is 0 Å². The van der Waals surface area contributed by atoms with Gasteiger partial charge in [-0.1, -0.05) is 12.8 Å². The average molecular weight is 282 g/mol. The molecule has 108 valence electrons. The zero-order valence-corrected chi connectivity index (χ0v) is 10.7. The van der Waals surface area contributed by atoms with E-state index in [-0.39, 0.29) is 5.69 Å². The van der Waals surface area contributed by atoms with Crippen LogP contribution in [-0.2, 0) is 9.59 Å². The fourth-order valence-corrected chi connectivity index (χ4v) is 2.54. The first-order chi connectivity index (χ1) is 9.49. The number of carboxylic acids is 1. The van der Waals surface area contributed by atoms with Crippen LogP contribution in [-0.4, -0.2) is 11.9 Å². The predicted molar refractivity (Wildman–Crippen MR) is 65.4 cm³/mol. The van der Waals surface area contributed by atoms with Crippen LogP contribution in [0.1, 0.15) is 25.7 Å². The summed E-state index contributed by atoms with van der Waals surface area (Å²) in [7, 11) is 0. The third kappa shape index (κ3) is 3.12. The van der Waals surface area contributed by atoms with E-state index >= 15 is 0 Å². The monoisotopic (exact) mass is 282 g/mol. The molecule has 20 heavy (non-hydrogen) atoms. The molecule has 6 heteroatoms. The summed E-state index contributed by atoms with van der Waals surface area (Å²) >= 11 is 0. The molecule has 0 unspecified atom stereocenters. The van der Waals surface area contributed by atoms with Gasteiger partial charge in [-0.2, -0.15) is 0 Å². The minimum Gasteiger partial charge on any atom is -0.550 e. The smallest absolute Gasteiger partial charge is 0.228 e. The number of hydrogen-bond donors (Lipinski definition) is 1. The molecule has 1 aromatic carbocycles. The van der Waals surface area contributed by atoms with Gasteiger partial charge in [0.05, 0.1) is 5.69 Å². The normalized spacial score (nSPS) is 22.3. The van der Waals surface area contributed by atoms with E-state index in [4.69, 9.17) is 0 Å². The van der Waals surface area contributed by atoms with Crippen molar-refractivity contribution in [1.29, 1.82) is 0 Å². The Hall–Kier alpha value is -1.98. The summed E-state index contributed by atoms with van der Waals surface area (Å²) in [5.41, 5.74) is -0.154. The van der Waals surface area contributed by atoms with Gasteiger partial charge in [-0.3, -0.25) is 4.79 Å². The maximum atomic E-state index is 13.5. The van der Waals surface area contributed by atoms with Gasteiger partial charge >= 0.3 is 0 Å². The highest BCUT2D eigenvalue weighted by Gasteiger charge is 2.32. The van der Waals surface area contributed by atoms with Crippen molar-refractivity contribution in [2.75, 3.05) is 5.32 Å². The first-order valence-electron chi connectivity index (χ1n) is 6.46. The van der Waals surface area contributed by atoms with E-state index in [0.29, 0.717) is 18.9 Å². The minimum atomic E-state index is -1.26. The Morgan fingerprint density at radius 1 is 1.15 bits per heavy atom. The molecule has 1 amide bonds. The second-order valence-electron chi connectivity index (χ2n) is 4.93. The highest BCUT2D eigenvalue weighted by atomic mass is 19.1. The van der Waals surface area contributed by atoms with Gasteiger partial charge in [0.25, 0.3) is 0 Å². The Bertz CT molecular complexity index is 533. The molecule has 0 aliphatic heterocycles. The molecule has 0 spiro atoms. The fraction of sp³-hybridized carbons (Fsp3) is 0.429. The molecule has 1 saturated carbocycles. The van der Waals surface area contributed by atoms with Gasteiger partial charge in [-0.25, -0.2) is 8.78 Å². The van der Waals surface area contributed by atoms with Crippen LogP contribution in [0.25, 0.3) is 0 Å². The van der Waals surface area contributed by atoms with Crippen LogP contribution in [0.15, 0.2) is 18.2 Å². The highest BCUT2D eigenvalue weighted by molar-refractivity contribution is 5.95. The van der Waals surface area contributed by atoms with Crippen molar-refractivity contribution < 1.29 is 23.5 Å². The van der Waals surface area contributed by atoms with Crippen LogP contribution >= 0.6 is 0 Å². The van der Waals surface area contributed by atoms with Gasteiger partial charge in [-0.15, -0.1) is 0 Å². The largest absolute Gasteiger partial charge is 0.550 e. The molecule has 1 N–H and O–H groups in total. The number of anilines is 1. The van der Waals surface area contributed by atoms with Crippen molar-refractivity contribution in [2.45, 2.75) is 25.7 Å². The number of carboxylic acid groups (broad SMARTS) is 1. The molecule has 1 aliphatic carbocycles. The van der Waals surface area contributed by atoms with E-state index < -0.39 is 35.3 Å². The third-order valence-electron chi connectivity index (χ3n) is 3.59. The fourth-order valence-electron chi connectivity index (χ4n) is 2.54. The Morgan fingerprint density at radius 3 is 2.40 bits per heavy atom. The lowest BCUT2D eigenvalue weighted by Crippen LogP contribution is -2.42. The number of halogens is 2. The topological polar surface area (TPSA) is 69.2 Å². The zero-order chi connectivity index (χ0) is 14.7. The molecule has 4 nitrogen and oxygen atoms in total. The highest BCUT2D eigenvalue weighted by Crippen LogP contribution is 2.31. The number of carbonyl (C=O) groups excluding carboxylic acids is 2. The molecule has 1 aromatic rings. The van der Waals surface area contributed by atoms with Gasteiger partial charge in [0.2, 0.25) is 5.91 Å². The van der Waals surface area contributed by atoms with Crippen LogP contribution < -0.4 is 10.4 Å². The van der Waals surface area contributed by atoms with E-state index in [1.165, 1.54) is 0 Å².